The van der Waals surface area contributed by atoms with E-state index < -0.39 is 4.92 Å². The second-order valence-corrected chi connectivity index (χ2v) is 4.89. The number of nitro benzene ring substituents is 1. The molecule has 0 saturated heterocycles. The molecule has 0 aliphatic rings. The van der Waals surface area contributed by atoms with Gasteiger partial charge in [-0.2, -0.15) is 0 Å². The van der Waals surface area contributed by atoms with Gasteiger partial charge in [-0.15, -0.1) is 0 Å². The van der Waals surface area contributed by atoms with Gasteiger partial charge in [0.15, 0.2) is 0 Å². The molecular formula is C16H13N3O4. The van der Waals surface area contributed by atoms with E-state index in [0.717, 1.165) is 10.9 Å². The molecule has 2 aromatic carbocycles. The van der Waals surface area contributed by atoms with Crippen molar-refractivity contribution in [3.8, 4) is 5.75 Å². The van der Waals surface area contributed by atoms with Crippen LogP contribution in [0, 0.1) is 10.1 Å². The van der Waals surface area contributed by atoms with E-state index in [0.29, 0.717) is 17.1 Å². The van der Waals surface area contributed by atoms with Crippen LogP contribution in [-0.4, -0.2) is 22.9 Å². The van der Waals surface area contributed by atoms with Crippen LogP contribution < -0.4 is 10.1 Å². The number of methoxy groups -OCH3 is 1. The lowest BCUT2D eigenvalue weighted by atomic mass is 10.2. The van der Waals surface area contributed by atoms with Gasteiger partial charge in [0.05, 0.1) is 12.0 Å². The molecule has 1 amide bonds. The predicted molar refractivity (Wildman–Crippen MR) is 85.9 cm³/mol. The molecule has 116 valence electrons. The lowest BCUT2D eigenvalue weighted by Crippen LogP contribution is -2.12. The zero-order valence-corrected chi connectivity index (χ0v) is 12.2. The maximum atomic E-state index is 12.2. The van der Waals surface area contributed by atoms with Crippen molar-refractivity contribution in [2.75, 3.05) is 12.4 Å². The Balaban J connectivity index is 1.81. The molecule has 1 heterocycles. The first kappa shape index (κ1) is 14.6. The number of fused-ring (bicyclic) bond motifs is 1. The summed E-state index contributed by atoms with van der Waals surface area (Å²) >= 11 is 0. The number of aromatic amines is 1. The van der Waals surface area contributed by atoms with E-state index in [-0.39, 0.29) is 11.6 Å². The molecule has 0 radical (unpaired) electrons. The zero-order chi connectivity index (χ0) is 16.4. The van der Waals surface area contributed by atoms with Crippen molar-refractivity contribution in [3.63, 3.8) is 0 Å². The number of carbonyl (C=O) groups excluding carboxylic acids is 1. The van der Waals surface area contributed by atoms with Gasteiger partial charge >= 0.3 is 0 Å². The summed E-state index contributed by atoms with van der Waals surface area (Å²) in [7, 11) is 1.58. The lowest BCUT2D eigenvalue weighted by molar-refractivity contribution is -0.384. The lowest BCUT2D eigenvalue weighted by Gasteiger charge is -2.02. The number of carbonyl (C=O) groups is 1. The van der Waals surface area contributed by atoms with Gasteiger partial charge < -0.3 is 15.0 Å². The van der Waals surface area contributed by atoms with E-state index in [1.54, 1.807) is 19.2 Å². The Morgan fingerprint density at radius 2 is 1.91 bits per heavy atom. The number of ether oxygens (including phenoxy) is 1. The van der Waals surface area contributed by atoms with Gasteiger partial charge in [0.2, 0.25) is 0 Å². The summed E-state index contributed by atoms with van der Waals surface area (Å²) in [6.45, 7) is 0. The number of amides is 1. The Morgan fingerprint density at radius 3 is 2.57 bits per heavy atom. The molecule has 3 aromatic rings. The summed E-state index contributed by atoms with van der Waals surface area (Å²) in [5.74, 6) is 0.382. The molecule has 0 unspecified atom stereocenters. The summed E-state index contributed by atoms with van der Waals surface area (Å²) in [6.07, 6.45) is 0. The first-order chi connectivity index (χ1) is 11.1. The second kappa shape index (κ2) is 5.80. The molecule has 0 aliphatic carbocycles. The molecule has 0 fully saturated rings. The fourth-order valence-corrected chi connectivity index (χ4v) is 2.22. The SMILES string of the molecule is COc1ccc2[nH]c(C(=O)Nc3ccc([N+](=O)[O-])cc3)cc2c1. The summed E-state index contributed by atoms with van der Waals surface area (Å²) in [5, 5.41) is 14.2. The van der Waals surface area contributed by atoms with Gasteiger partial charge in [-0.25, -0.2) is 0 Å². The highest BCUT2D eigenvalue weighted by Gasteiger charge is 2.11. The third-order valence-corrected chi connectivity index (χ3v) is 3.41. The highest BCUT2D eigenvalue weighted by Crippen LogP contribution is 2.22. The number of H-pyrrole nitrogens is 1. The molecule has 0 bridgehead atoms. The van der Waals surface area contributed by atoms with Crippen molar-refractivity contribution >= 4 is 28.2 Å². The molecule has 1 aromatic heterocycles. The fraction of sp³-hybridized carbons (Fsp3) is 0.0625. The summed E-state index contributed by atoms with van der Waals surface area (Å²) < 4.78 is 5.15. The fourth-order valence-electron chi connectivity index (χ4n) is 2.22. The molecule has 0 saturated carbocycles. The highest BCUT2D eigenvalue weighted by molar-refractivity contribution is 6.06. The van der Waals surface area contributed by atoms with Crippen molar-refractivity contribution in [1.29, 1.82) is 0 Å². The first-order valence-electron chi connectivity index (χ1n) is 6.79. The van der Waals surface area contributed by atoms with Gasteiger partial charge in [0.25, 0.3) is 11.6 Å². The number of hydrogen-bond donors (Lipinski definition) is 2. The van der Waals surface area contributed by atoms with E-state index in [2.05, 4.69) is 10.3 Å². The van der Waals surface area contributed by atoms with E-state index in [1.807, 2.05) is 12.1 Å². The van der Waals surface area contributed by atoms with E-state index in [9.17, 15) is 14.9 Å². The van der Waals surface area contributed by atoms with Crippen LogP contribution in [0.15, 0.2) is 48.5 Å². The first-order valence-corrected chi connectivity index (χ1v) is 6.79. The van der Waals surface area contributed by atoms with Crippen LogP contribution in [0.4, 0.5) is 11.4 Å². The number of nitrogens with one attached hydrogen (secondary N) is 2. The van der Waals surface area contributed by atoms with Crippen molar-refractivity contribution in [2.45, 2.75) is 0 Å². The molecule has 7 nitrogen and oxygen atoms in total. The molecule has 23 heavy (non-hydrogen) atoms. The van der Waals surface area contributed by atoms with Gasteiger partial charge in [0.1, 0.15) is 11.4 Å². The Bertz CT molecular complexity index is 884. The number of benzene rings is 2. The standard InChI is InChI=1S/C16H13N3O4/c1-23-13-6-7-14-10(8-13)9-15(18-14)16(20)17-11-2-4-12(5-3-11)19(21)22/h2-9,18H,1H3,(H,17,20). The van der Waals surface area contributed by atoms with Crippen LogP contribution >= 0.6 is 0 Å². The number of nitro groups is 1. The molecule has 0 spiro atoms. The average molecular weight is 311 g/mol. The predicted octanol–water partition coefficient (Wildman–Crippen LogP) is 3.34. The van der Waals surface area contributed by atoms with Gasteiger partial charge in [-0.05, 0) is 36.4 Å². The summed E-state index contributed by atoms with van der Waals surface area (Å²) in [5.41, 5.74) is 1.67. The van der Waals surface area contributed by atoms with E-state index in [1.165, 1.54) is 24.3 Å². The molecule has 0 atom stereocenters. The molecule has 0 aliphatic heterocycles. The minimum absolute atomic E-state index is 0.0271. The number of anilines is 1. The Labute approximate surface area is 131 Å². The Kier molecular flexibility index (Phi) is 3.68. The monoisotopic (exact) mass is 311 g/mol. The van der Waals surface area contributed by atoms with Gasteiger partial charge in [-0.1, -0.05) is 0 Å². The Hall–Kier alpha value is -3.35. The number of non-ortho nitro benzene ring substituents is 1. The number of rotatable bonds is 4. The molecular weight excluding hydrogens is 298 g/mol. The van der Waals surface area contributed by atoms with Crippen molar-refractivity contribution in [2.24, 2.45) is 0 Å². The smallest absolute Gasteiger partial charge is 0.272 e. The van der Waals surface area contributed by atoms with E-state index >= 15 is 0 Å². The van der Waals surface area contributed by atoms with Crippen LogP contribution in [0.2, 0.25) is 0 Å². The van der Waals surface area contributed by atoms with Crippen LogP contribution in [0.25, 0.3) is 10.9 Å². The molecule has 2 N–H and O–H groups in total. The summed E-state index contributed by atoms with van der Waals surface area (Å²) in [4.78, 5) is 25.4. The topological polar surface area (TPSA) is 97.3 Å². The van der Waals surface area contributed by atoms with Gasteiger partial charge in [0, 0.05) is 28.7 Å². The van der Waals surface area contributed by atoms with Gasteiger partial charge in [-0.3, -0.25) is 14.9 Å². The number of hydrogen-bond acceptors (Lipinski definition) is 4. The van der Waals surface area contributed by atoms with E-state index in [4.69, 9.17) is 4.74 Å². The Morgan fingerprint density at radius 1 is 1.17 bits per heavy atom. The molecule has 3 rings (SSSR count). The average Bonchev–Trinajstić information content (AvgIpc) is 2.98. The van der Waals surface area contributed by atoms with Crippen molar-refractivity contribution in [1.82, 2.24) is 4.98 Å². The number of nitrogens with zero attached hydrogens (tertiary/aromatic N) is 1. The number of aromatic nitrogens is 1. The maximum absolute atomic E-state index is 12.2. The second-order valence-electron chi connectivity index (χ2n) is 4.89. The third-order valence-electron chi connectivity index (χ3n) is 3.41. The minimum Gasteiger partial charge on any atom is -0.497 e. The highest BCUT2D eigenvalue weighted by atomic mass is 16.6. The maximum Gasteiger partial charge on any atom is 0.272 e. The van der Waals surface area contributed by atoms with Crippen LogP contribution in [0.5, 0.6) is 5.75 Å². The zero-order valence-electron chi connectivity index (χ0n) is 12.2. The van der Waals surface area contributed by atoms with Crippen LogP contribution in [0.3, 0.4) is 0 Å². The normalized spacial score (nSPS) is 10.5. The van der Waals surface area contributed by atoms with Crippen LogP contribution in [-0.2, 0) is 0 Å². The molecule has 7 heteroatoms. The van der Waals surface area contributed by atoms with Crippen molar-refractivity contribution in [3.05, 3.63) is 64.3 Å². The van der Waals surface area contributed by atoms with Crippen molar-refractivity contribution < 1.29 is 14.5 Å². The summed E-state index contributed by atoms with van der Waals surface area (Å²) in [6, 6.07) is 12.8. The minimum atomic E-state index is -0.489. The largest absolute Gasteiger partial charge is 0.497 e. The third kappa shape index (κ3) is 2.98. The quantitative estimate of drug-likeness (QED) is 0.570. The van der Waals surface area contributed by atoms with Crippen LogP contribution in [0.1, 0.15) is 10.5 Å².